The normalized spacial score (nSPS) is 10.1. The first kappa shape index (κ1) is 20.0. The summed E-state index contributed by atoms with van der Waals surface area (Å²) in [5.74, 6) is 1.37. The summed E-state index contributed by atoms with van der Waals surface area (Å²) < 4.78 is 7.26. The van der Waals surface area contributed by atoms with Crippen molar-refractivity contribution in [3.63, 3.8) is 0 Å². The minimum Gasteiger partial charge on any atom is -0.467 e. The van der Waals surface area contributed by atoms with E-state index in [-0.39, 0.29) is 37.3 Å². The van der Waals surface area contributed by atoms with Gasteiger partial charge in [-0.25, -0.2) is 4.98 Å². The Bertz CT molecular complexity index is 813. The number of fused-ring (bicyclic) bond motifs is 1. The highest BCUT2D eigenvalue weighted by Gasteiger charge is 2.10. The maximum Gasteiger partial charge on any atom is 0.254 e. The molecule has 3 N–H and O–H groups in total. The summed E-state index contributed by atoms with van der Waals surface area (Å²) in [4.78, 5) is 16.5. The van der Waals surface area contributed by atoms with Gasteiger partial charge < -0.3 is 20.0 Å². The van der Waals surface area contributed by atoms with Crippen LogP contribution in [0.15, 0.2) is 41.0 Å². The SMILES string of the molecule is Cc1nc2ccccc2n1CCNC(=O)c1coc(CN)c1.Cl.Cl. The van der Waals surface area contributed by atoms with Gasteiger partial charge in [0.15, 0.2) is 0 Å². The molecule has 0 radical (unpaired) electrons. The van der Waals surface area contributed by atoms with Crippen molar-refractivity contribution in [3.8, 4) is 0 Å². The van der Waals surface area contributed by atoms with E-state index in [1.165, 1.54) is 6.26 Å². The number of nitrogens with two attached hydrogens (primary N) is 1. The monoisotopic (exact) mass is 370 g/mol. The second-order valence-electron chi connectivity index (χ2n) is 5.06. The lowest BCUT2D eigenvalue weighted by Crippen LogP contribution is -2.27. The molecule has 0 unspecified atom stereocenters. The number of hydrogen-bond acceptors (Lipinski definition) is 4. The number of rotatable bonds is 5. The molecule has 1 amide bonds. The third kappa shape index (κ3) is 4.08. The quantitative estimate of drug-likeness (QED) is 0.722. The van der Waals surface area contributed by atoms with Gasteiger partial charge in [-0.05, 0) is 25.1 Å². The third-order valence-corrected chi connectivity index (χ3v) is 3.58. The first-order valence-electron chi connectivity index (χ1n) is 7.16. The highest BCUT2D eigenvalue weighted by atomic mass is 35.5. The molecule has 3 rings (SSSR count). The minimum absolute atomic E-state index is 0. The smallest absolute Gasteiger partial charge is 0.254 e. The van der Waals surface area contributed by atoms with Gasteiger partial charge in [0.1, 0.15) is 17.8 Å². The van der Waals surface area contributed by atoms with E-state index in [0.717, 1.165) is 16.9 Å². The van der Waals surface area contributed by atoms with Crippen molar-refractivity contribution in [1.82, 2.24) is 14.9 Å². The molecule has 0 aliphatic rings. The maximum absolute atomic E-state index is 12.0. The number of nitrogens with one attached hydrogen (secondary N) is 1. The Morgan fingerprint density at radius 1 is 1.33 bits per heavy atom. The van der Waals surface area contributed by atoms with Crippen LogP contribution in [0.3, 0.4) is 0 Å². The first-order valence-corrected chi connectivity index (χ1v) is 7.16. The van der Waals surface area contributed by atoms with E-state index < -0.39 is 0 Å². The molecule has 2 aromatic heterocycles. The zero-order chi connectivity index (χ0) is 15.5. The van der Waals surface area contributed by atoms with E-state index >= 15 is 0 Å². The number of halogens is 2. The maximum atomic E-state index is 12.0. The van der Waals surface area contributed by atoms with Gasteiger partial charge in [-0.2, -0.15) is 0 Å². The summed E-state index contributed by atoms with van der Waals surface area (Å²) in [7, 11) is 0. The molecule has 0 atom stereocenters. The van der Waals surface area contributed by atoms with Crippen LogP contribution in [0.25, 0.3) is 11.0 Å². The van der Waals surface area contributed by atoms with Gasteiger partial charge in [0.25, 0.3) is 5.91 Å². The molecule has 24 heavy (non-hydrogen) atoms. The zero-order valence-electron chi connectivity index (χ0n) is 13.2. The second kappa shape index (κ2) is 8.73. The number of carbonyl (C=O) groups is 1. The molecule has 0 spiro atoms. The number of aryl methyl sites for hydroxylation is 1. The van der Waals surface area contributed by atoms with Crippen LogP contribution in [-0.4, -0.2) is 22.0 Å². The van der Waals surface area contributed by atoms with Crippen molar-refractivity contribution < 1.29 is 9.21 Å². The molecular formula is C16H20Cl2N4O2. The summed E-state index contributed by atoms with van der Waals surface area (Å²) >= 11 is 0. The number of amides is 1. The Balaban J connectivity index is 0.00000144. The van der Waals surface area contributed by atoms with Gasteiger partial charge in [-0.1, -0.05) is 12.1 Å². The van der Waals surface area contributed by atoms with E-state index in [0.29, 0.717) is 24.4 Å². The second-order valence-corrected chi connectivity index (χ2v) is 5.06. The van der Waals surface area contributed by atoms with Gasteiger partial charge in [-0.3, -0.25) is 4.79 Å². The van der Waals surface area contributed by atoms with Crippen LogP contribution in [0, 0.1) is 6.92 Å². The topological polar surface area (TPSA) is 86.1 Å². The zero-order valence-corrected chi connectivity index (χ0v) is 14.8. The van der Waals surface area contributed by atoms with Crippen molar-refractivity contribution in [2.75, 3.05) is 6.54 Å². The van der Waals surface area contributed by atoms with Crippen LogP contribution < -0.4 is 11.1 Å². The van der Waals surface area contributed by atoms with Crippen molar-refractivity contribution in [2.45, 2.75) is 20.0 Å². The fraction of sp³-hybridized carbons (Fsp3) is 0.250. The van der Waals surface area contributed by atoms with E-state index in [1.54, 1.807) is 6.07 Å². The fourth-order valence-electron chi connectivity index (χ4n) is 2.47. The number of aromatic nitrogens is 2. The van der Waals surface area contributed by atoms with Crippen LogP contribution in [-0.2, 0) is 13.1 Å². The Labute approximate surface area is 152 Å². The van der Waals surface area contributed by atoms with Crippen molar-refractivity contribution in [2.24, 2.45) is 5.73 Å². The van der Waals surface area contributed by atoms with Gasteiger partial charge in [-0.15, -0.1) is 24.8 Å². The van der Waals surface area contributed by atoms with Crippen molar-refractivity contribution >= 4 is 41.8 Å². The number of hydrogen-bond donors (Lipinski definition) is 2. The number of furan rings is 1. The molecule has 0 saturated heterocycles. The van der Waals surface area contributed by atoms with Crippen LogP contribution in [0.4, 0.5) is 0 Å². The minimum atomic E-state index is -0.162. The molecular weight excluding hydrogens is 351 g/mol. The molecule has 3 aromatic rings. The fourth-order valence-corrected chi connectivity index (χ4v) is 2.47. The lowest BCUT2D eigenvalue weighted by Gasteiger charge is -2.07. The third-order valence-electron chi connectivity index (χ3n) is 3.58. The number of nitrogens with zero attached hydrogens (tertiary/aromatic N) is 2. The van der Waals surface area contributed by atoms with Gasteiger partial charge in [0.2, 0.25) is 0 Å². The van der Waals surface area contributed by atoms with E-state index in [4.69, 9.17) is 10.2 Å². The Hall–Kier alpha value is -2.02. The van der Waals surface area contributed by atoms with Crippen LogP contribution in [0.5, 0.6) is 0 Å². The van der Waals surface area contributed by atoms with Crippen LogP contribution in [0.2, 0.25) is 0 Å². The molecule has 0 fully saturated rings. The molecule has 0 bridgehead atoms. The van der Waals surface area contributed by atoms with Gasteiger partial charge >= 0.3 is 0 Å². The average molecular weight is 371 g/mol. The summed E-state index contributed by atoms with van der Waals surface area (Å²) in [6, 6.07) is 9.62. The average Bonchev–Trinajstić information content (AvgIpc) is 3.12. The predicted octanol–water partition coefficient (Wildman–Crippen LogP) is 2.67. The Morgan fingerprint density at radius 3 is 2.79 bits per heavy atom. The molecule has 6 nitrogen and oxygen atoms in total. The highest BCUT2D eigenvalue weighted by Crippen LogP contribution is 2.14. The summed E-state index contributed by atoms with van der Waals surface area (Å²) in [6.45, 7) is 3.43. The highest BCUT2D eigenvalue weighted by molar-refractivity contribution is 5.93. The van der Waals surface area contributed by atoms with E-state index in [9.17, 15) is 4.79 Å². The largest absolute Gasteiger partial charge is 0.467 e. The van der Waals surface area contributed by atoms with E-state index in [1.807, 2.05) is 31.2 Å². The molecule has 0 saturated carbocycles. The molecule has 2 heterocycles. The van der Waals surface area contributed by atoms with Crippen molar-refractivity contribution in [1.29, 1.82) is 0 Å². The standard InChI is InChI=1S/C16H18N4O2.2ClH/c1-11-19-14-4-2-3-5-15(14)20(11)7-6-18-16(21)12-8-13(9-17)22-10-12;;/h2-5,8,10H,6-7,9,17H2,1H3,(H,18,21);2*1H. The first-order chi connectivity index (χ1) is 10.7. The van der Waals surface area contributed by atoms with Gasteiger partial charge in [0.05, 0.1) is 23.1 Å². The molecule has 1 aromatic carbocycles. The Kier molecular flexibility index (Phi) is 7.28. The summed E-state index contributed by atoms with van der Waals surface area (Å²) in [5.41, 5.74) is 7.99. The molecule has 0 aliphatic heterocycles. The number of imidazole rings is 1. The van der Waals surface area contributed by atoms with Crippen molar-refractivity contribution in [3.05, 3.63) is 53.7 Å². The summed E-state index contributed by atoms with van der Waals surface area (Å²) in [5, 5.41) is 2.88. The van der Waals surface area contributed by atoms with E-state index in [2.05, 4.69) is 14.9 Å². The molecule has 0 aliphatic carbocycles. The summed E-state index contributed by atoms with van der Waals surface area (Å²) in [6.07, 6.45) is 1.43. The number of benzene rings is 1. The predicted molar refractivity (Wildman–Crippen MR) is 97.9 cm³/mol. The molecule has 8 heteroatoms. The van der Waals surface area contributed by atoms with Gasteiger partial charge in [0, 0.05) is 13.1 Å². The Morgan fingerprint density at radius 2 is 2.08 bits per heavy atom. The lowest BCUT2D eigenvalue weighted by molar-refractivity contribution is 0.0951. The molecule has 130 valence electrons. The number of para-hydroxylation sites is 2. The van der Waals surface area contributed by atoms with Crippen LogP contribution >= 0.6 is 24.8 Å². The number of carbonyl (C=O) groups excluding carboxylic acids is 1. The lowest BCUT2D eigenvalue weighted by atomic mass is 10.3. The van der Waals surface area contributed by atoms with Crippen LogP contribution in [0.1, 0.15) is 21.9 Å².